The summed E-state index contributed by atoms with van der Waals surface area (Å²) in [5.41, 5.74) is -0.386. The topological polar surface area (TPSA) is 17.8 Å². The summed E-state index contributed by atoms with van der Waals surface area (Å²) in [6.07, 6.45) is 3.58. The molecule has 0 spiro atoms. The Hall–Kier alpha value is -1.78. The molecule has 0 aliphatic heterocycles. The van der Waals surface area contributed by atoms with Gasteiger partial charge in [0.05, 0.1) is 5.54 Å². The lowest BCUT2D eigenvalue weighted by molar-refractivity contribution is 0.311. The van der Waals surface area contributed by atoms with Crippen LogP contribution in [0.25, 0.3) is 0 Å². The van der Waals surface area contributed by atoms with Gasteiger partial charge >= 0.3 is 0 Å². The van der Waals surface area contributed by atoms with Crippen molar-refractivity contribution in [1.82, 2.24) is 9.78 Å². The summed E-state index contributed by atoms with van der Waals surface area (Å²) < 4.78 is 41.2. The van der Waals surface area contributed by atoms with Gasteiger partial charge in [0.25, 0.3) is 0 Å². The molecule has 0 unspecified atom stereocenters. The zero-order valence-corrected chi connectivity index (χ0v) is 10.1. The minimum absolute atomic E-state index is 0.134. The van der Waals surface area contributed by atoms with Crippen LogP contribution in [0.1, 0.15) is 19.4 Å². The Morgan fingerprint density at radius 3 is 2.39 bits per heavy atom. The lowest BCUT2D eigenvalue weighted by Gasteiger charge is -2.25. The fraction of sp³-hybridized carbons (Fsp3) is 0.308. The molecular weight excluding hydrogens is 241 g/mol. The zero-order valence-electron chi connectivity index (χ0n) is 10.1. The molecule has 0 amide bonds. The first-order valence-corrected chi connectivity index (χ1v) is 5.54. The van der Waals surface area contributed by atoms with Crippen LogP contribution in [0.3, 0.4) is 0 Å². The summed E-state index contributed by atoms with van der Waals surface area (Å²) in [6, 6.07) is 3.23. The molecule has 0 saturated carbocycles. The standard InChI is InChI=1S/C13H13F3N2/c1-13(2,18-5-3-4-17-18)8-9-6-11(15)12(16)7-10(9)14/h3-7H,8H2,1-2H3. The summed E-state index contributed by atoms with van der Waals surface area (Å²) in [4.78, 5) is 0. The minimum atomic E-state index is -1.17. The van der Waals surface area contributed by atoms with Gasteiger partial charge in [0.2, 0.25) is 0 Å². The van der Waals surface area contributed by atoms with Crippen molar-refractivity contribution in [3.63, 3.8) is 0 Å². The second kappa shape index (κ2) is 4.48. The van der Waals surface area contributed by atoms with Gasteiger partial charge in [0.1, 0.15) is 5.82 Å². The summed E-state index contributed by atoms with van der Waals surface area (Å²) in [5, 5.41) is 4.08. The average molecular weight is 254 g/mol. The van der Waals surface area contributed by atoms with Crippen molar-refractivity contribution < 1.29 is 13.2 Å². The first-order valence-electron chi connectivity index (χ1n) is 5.54. The molecule has 18 heavy (non-hydrogen) atoms. The minimum Gasteiger partial charge on any atom is -0.267 e. The van der Waals surface area contributed by atoms with E-state index in [4.69, 9.17) is 0 Å². The second-order valence-electron chi connectivity index (χ2n) is 4.80. The summed E-state index contributed by atoms with van der Waals surface area (Å²) in [7, 11) is 0. The van der Waals surface area contributed by atoms with Gasteiger partial charge in [-0.3, -0.25) is 4.68 Å². The highest BCUT2D eigenvalue weighted by Crippen LogP contribution is 2.23. The summed E-state index contributed by atoms with van der Waals surface area (Å²) in [6.45, 7) is 3.70. The number of hydrogen-bond donors (Lipinski definition) is 0. The molecule has 0 saturated heterocycles. The highest BCUT2D eigenvalue weighted by molar-refractivity contribution is 5.21. The number of halogens is 3. The summed E-state index contributed by atoms with van der Waals surface area (Å²) in [5.74, 6) is -2.95. The average Bonchev–Trinajstić information content (AvgIpc) is 2.79. The number of benzene rings is 1. The Labute approximate surface area is 103 Å². The lowest BCUT2D eigenvalue weighted by Crippen LogP contribution is -2.29. The Balaban J connectivity index is 2.32. The van der Waals surface area contributed by atoms with E-state index in [9.17, 15) is 13.2 Å². The van der Waals surface area contributed by atoms with Crippen LogP contribution in [-0.4, -0.2) is 9.78 Å². The molecule has 0 bridgehead atoms. The van der Waals surface area contributed by atoms with E-state index < -0.39 is 23.0 Å². The number of nitrogens with zero attached hydrogens (tertiary/aromatic N) is 2. The van der Waals surface area contributed by atoms with E-state index in [1.807, 2.05) is 13.8 Å². The lowest BCUT2D eigenvalue weighted by atomic mass is 9.94. The monoisotopic (exact) mass is 254 g/mol. The molecule has 0 fully saturated rings. The van der Waals surface area contributed by atoms with E-state index in [-0.39, 0.29) is 12.0 Å². The molecule has 0 radical (unpaired) electrons. The van der Waals surface area contributed by atoms with Gasteiger partial charge in [-0.25, -0.2) is 13.2 Å². The van der Waals surface area contributed by atoms with E-state index in [0.717, 1.165) is 6.07 Å². The summed E-state index contributed by atoms with van der Waals surface area (Å²) >= 11 is 0. The van der Waals surface area contributed by atoms with Crippen LogP contribution in [0.5, 0.6) is 0 Å². The molecule has 2 rings (SSSR count). The number of aromatic nitrogens is 2. The third kappa shape index (κ3) is 2.39. The van der Waals surface area contributed by atoms with E-state index >= 15 is 0 Å². The van der Waals surface area contributed by atoms with Crippen molar-refractivity contribution >= 4 is 0 Å². The van der Waals surface area contributed by atoms with E-state index in [1.54, 1.807) is 23.1 Å². The molecule has 2 aromatic rings. The van der Waals surface area contributed by atoms with Gasteiger partial charge in [-0.2, -0.15) is 5.10 Å². The van der Waals surface area contributed by atoms with E-state index in [0.29, 0.717) is 6.07 Å². The van der Waals surface area contributed by atoms with E-state index in [1.165, 1.54) is 0 Å². The fourth-order valence-electron chi connectivity index (χ4n) is 1.87. The Kier molecular flexibility index (Phi) is 3.15. The van der Waals surface area contributed by atoms with Crippen LogP contribution in [-0.2, 0) is 12.0 Å². The van der Waals surface area contributed by atoms with Crippen LogP contribution >= 0.6 is 0 Å². The normalized spacial score (nSPS) is 11.8. The van der Waals surface area contributed by atoms with Gasteiger partial charge in [-0.05, 0) is 31.5 Å². The third-order valence-electron chi connectivity index (χ3n) is 2.84. The van der Waals surface area contributed by atoms with Gasteiger partial charge in [0, 0.05) is 24.9 Å². The maximum Gasteiger partial charge on any atom is 0.161 e. The van der Waals surface area contributed by atoms with Crippen LogP contribution in [0.2, 0.25) is 0 Å². The molecule has 0 N–H and O–H groups in total. The largest absolute Gasteiger partial charge is 0.267 e. The SMILES string of the molecule is CC(C)(Cc1cc(F)c(F)cc1F)n1cccn1. The molecule has 0 aliphatic rings. The van der Waals surface area contributed by atoms with Crippen LogP contribution < -0.4 is 0 Å². The van der Waals surface area contributed by atoms with Crippen molar-refractivity contribution in [1.29, 1.82) is 0 Å². The predicted octanol–water partition coefficient (Wildman–Crippen LogP) is 3.28. The van der Waals surface area contributed by atoms with Crippen molar-refractivity contribution in [2.75, 3.05) is 0 Å². The number of rotatable bonds is 3. The van der Waals surface area contributed by atoms with Crippen LogP contribution in [0.15, 0.2) is 30.6 Å². The molecule has 5 heteroatoms. The quantitative estimate of drug-likeness (QED) is 0.769. The molecule has 96 valence electrons. The Bertz CT molecular complexity index is 548. The van der Waals surface area contributed by atoms with Gasteiger partial charge < -0.3 is 0 Å². The zero-order chi connectivity index (χ0) is 13.3. The highest BCUT2D eigenvalue weighted by Gasteiger charge is 2.23. The molecule has 2 nitrogen and oxygen atoms in total. The van der Waals surface area contributed by atoms with Crippen molar-refractivity contribution in [3.05, 3.63) is 53.6 Å². The molecule has 1 aromatic carbocycles. The maximum atomic E-state index is 13.6. The first kappa shape index (κ1) is 12.7. The molecule has 0 atom stereocenters. The number of hydrogen-bond acceptors (Lipinski definition) is 1. The van der Waals surface area contributed by atoms with Crippen molar-refractivity contribution in [2.24, 2.45) is 0 Å². The maximum absolute atomic E-state index is 13.6. The Morgan fingerprint density at radius 2 is 1.78 bits per heavy atom. The molecule has 1 heterocycles. The van der Waals surface area contributed by atoms with Crippen LogP contribution in [0, 0.1) is 17.5 Å². The first-order chi connectivity index (χ1) is 8.40. The van der Waals surface area contributed by atoms with Crippen LogP contribution in [0.4, 0.5) is 13.2 Å². The predicted molar refractivity (Wildman–Crippen MR) is 61.6 cm³/mol. The van der Waals surface area contributed by atoms with Gasteiger partial charge in [0.15, 0.2) is 11.6 Å². The van der Waals surface area contributed by atoms with Gasteiger partial charge in [-0.1, -0.05) is 0 Å². The smallest absolute Gasteiger partial charge is 0.161 e. The van der Waals surface area contributed by atoms with Crippen molar-refractivity contribution in [3.8, 4) is 0 Å². The second-order valence-corrected chi connectivity index (χ2v) is 4.80. The van der Waals surface area contributed by atoms with Gasteiger partial charge in [-0.15, -0.1) is 0 Å². The molecule has 0 aliphatic carbocycles. The van der Waals surface area contributed by atoms with E-state index in [2.05, 4.69) is 5.10 Å². The highest BCUT2D eigenvalue weighted by atomic mass is 19.2. The van der Waals surface area contributed by atoms with Crippen molar-refractivity contribution in [2.45, 2.75) is 25.8 Å². The molecule has 1 aromatic heterocycles. The molecular formula is C13H13F3N2. The third-order valence-corrected chi connectivity index (χ3v) is 2.84. The Morgan fingerprint density at radius 1 is 1.11 bits per heavy atom. The fourth-order valence-corrected chi connectivity index (χ4v) is 1.87.